The van der Waals surface area contributed by atoms with Crippen molar-refractivity contribution in [2.75, 3.05) is 39.3 Å². The number of hydrogen-bond donors (Lipinski definition) is 0. The van der Waals surface area contributed by atoms with Crippen LogP contribution in [0, 0.1) is 11.3 Å². The summed E-state index contributed by atoms with van der Waals surface area (Å²) >= 11 is 5.93. The van der Waals surface area contributed by atoms with Gasteiger partial charge in [-0.25, -0.2) is 4.98 Å². The zero-order chi connectivity index (χ0) is 22.1. The van der Waals surface area contributed by atoms with E-state index in [-0.39, 0.29) is 17.2 Å². The number of aromatic nitrogens is 1. The number of carbonyl (C=O) groups is 2. The highest BCUT2D eigenvalue weighted by molar-refractivity contribution is 6.29. The van der Waals surface area contributed by atoms with Crippen LogP contribution in [0.5, 0.6) is 0 Å². The Morgan fingerprint density at radius 1 is 0.969 bits per heavy atom. The molecule has 3 fully saturated rings. The van der Waals surface area contributed by atoms with E-state index in [0.717, 1.165) is 52.0 Å². The van der Waals surface area contributed by atoms with Gasteiger partial charge in [0.15, 0.2) is 0 Å². The maximum atomic E-state index is 13.2. The van der Waals surface area contributed by atoms with Crippen molar-refractivity contribution in [1.29, 1.82) is 0 Å². The molecule has 0 radical (unpaired) electrons. The van der Waals surface area contributed by atoms with Gasteiger partial charge in [-0.1, -0.05) is 41.9 Å². The van der Waals surface area contributed by atoms with Gasteiger partial charge in [0.1, 0.15) is 5.15 Å². The van der Waals surface area contributed by atoms with Crippen molar-refractivity contribution >= 4 is 23.4 Å². The fourth-order valence-electron chi connectivity index (χ4n) is 5.31. The summed E-state index contributed by atoms with van der Waals surface area (Å²) in [5, 5.41) is 0.334. The van der Waals surface area contributed by atoms with E-state index in [0.29, 0.717) is 29.7 Å². The molecule has 3 aliphatic rings. The van der Waals surface area contributed by atoms with E-state index in [1.54, 1.807) is 18.3 Å². The predicted molar refractivity (Wildman–Crippen MR) is 123 cm³/mol. The zero-order valence-electron chi connectivity index (χ0n) is 18.3. The van der Waals surface area contributed by atoms with Crippen LogP contribution in [0.2, 0.25) is 5.15 Å². The van der Waals surface area contributed by atoms with Gasteiger partial charge in [0.05, 0.1) is 0 Å². The van der Waals surface area contributed by atoms with Crippen LogP contribution in [0.1, 0.15) is 35.2 Å². The van der Waals surface area contributed by atoms with Crippen molar-refractivity contribution in [3.8, 4) is 0 Å². The molecule has 1 aliphatic carbocycles. The first-order chi connectivity index (χ1) is 15.5. The molecule has 5 rings (SSSR count). The first-order valence-electron chi connectivity index (χ1n) is 11.5. The summed E-state index contributed by atoms with van der Waals surface area (Å²) in [6.45, 7) is 5.83. The Morgan fingerprint density at radius 2 is 1.69 bits per heavy atom. The highest BCUT2D eigenvalue weighted by atomic mass is 35.5. The van der Waals surface area contributed by atoms with Crippen molar-refractivity contribution in [3.63, 3.8) is 0 Å². The third kappa shape index (κ3) is 4.39. The summed E-state index contributed by atoms with van der Waals surface area (Å²) in [5.74, 6) is 0.461. The molecule has 0 bridgehead atoms. The van der Waals surface area contributed by atoms with Gasteiger partial charge in [-0.05, 0) is 42.4 Å². The van der Waals surface area contributed by atoms with Crippen molar-refractivity contribution in [2.24, 2.45) is 11.3 Å². The third-order valence-corrected chi connectivity index (χ3v) is 7.65. The molecule has 2 amide bonds. The topological polar surface area (TPSA) is 56.8 Å². The highest BCUT2D eigenvalue weighted by Gasteiger charge is 2.59. The van der Waals surface area contributed by atoms with Crippen LogP contribution < -0.4 is 0 Å². The van der Waals surface area contributed by atoms with E-state index >= 15 is 0 Å². The van der Waals surface area contributed by atoms with Crippen LogP contribution in [0.3, 0.4) is 0 Å². The molecule has 3 heterocycles. The first-order valence-corrected chi connectivity index (χ1v) is 11.9. The van der Waals surface area contributed by atoms with Crippen molar-refractivity contribution in [2.45, 2.75) is 25.8 Å². The van der Waals surface area contributed by atoms with Gasteiger partial charge in [0.25, 0.3) is 5.91 Å². The molecule has 1 aromatic heterocycles. The maximum Gasteiger partial charge on any atom is 0.254 e. The normalized spacial score (nSPS) is 22.7. The predicted octanol–water partition coefficient (Wildman–Crippen LogP) is 3.32. The molecule has 2 aliphatic heterocycles. The number of carbonyl (C=O) groups excluding carboxylic acids is 2. The van der Waals surface area contributed by atoms with Crippen LogP contribution >= 0.6 is 11.6 Å². The minimum Gasteiger partial charge on any atom is -0.340 e. The van der Waals surface area contributed by atoms with Gasteiger partial charge in [-0.15, -0.1) is 0 Å². The van der Waals surface area contributed by atoms with E-state index in [1.165, 1.54) is 5.56 Å². The van der Waals surface area contributed by atoms with Crippen LogP contribution in [0.25, 0.3) is 0 Å². The smallest absolute Gasteiger partial charge is 0.254 e. The van der Waals surface area contributed by atoms with Gasteiger partial charge in [0.2, 0.25) is 5.91 Å². The van der Waals surface area contributed by atoms with Crippen molar-refractivity contribution in [1.82, 2.24) is 19.7 Å². The third-order valence-electron chi connectivity index (χ3n) is 7.44. The summed E-state index contributed by atoms with van der Waals surface area (Å²) in [7, 11) is 0. The Morgan fingerprint density at radius 3 is 2.38 bits per heavy atom. The van der Waals surface area contributed by atoms with E-state index < -0.39 is 0 Å². The van der Waals surface area contributed by atoms with E-state index in [9.17, 15) is 9.59 Å². The summed E-state index contributed by atoms with van der Waals surface area (Å²) < 4.78 is 0. The Hall–Kier alpha value is -2.44. The number of benzene rings is 1. The SMILES string of the molecule is O=C(c1ccnc(Cl)c1)N1CCC2(CC1)C[C@H]2C(=O)N1CCN(Cc2ccccc2)CC1. The molecule has 0 N–H and O–H groups in total. The quantitative estimate of drug-likeness (QED) is 0.668. The Kier molecular flexibility index (Phi) is 5.91. The molecular weight excluding hydrogens is 424 g/mol. The largest absolute Gasteiger partial charge is 0.340 e. The molecule has 1 atom stereocenters. The number of likely N-dealkylation sites (tertiary alicyclic amines) is 1. The number of halogens is 1. The van der Waals surface area contributed by atoms with Gasteiger partial charge in [-0.2, -0.15) is 0 Å². The summed E-state index contributed by atoms with van der Waals surface area (Å²) in [4.78, 5) is 36.3. The molecule has 168 valence electrons. The van der Waals surface area contributed by atoms with E-state index in [1.807, 2.05) is 11.0 Å². The van der Waals surface area contributed by atoms with Gasteiger partial charge >= 0.3 is 0 Å². The Bertz CT molecular complexity index is 982. The van der Waals surface area contributed by atoms with Crippen molar-refractivity contribution in [3.05, 3.63) is 64.9 Å². The number of piperazine rings is 1. The molecule has 6 nitrogen and oxygen atoms in total. The number of pyridine rings is 1. The molecule has 7 heteroatoms. The fraction of sp³-hybridized carbons (Fsp3) is 0.480. The molecule has 1 saturated carbocycles. The number of piperidine rings is 1. The standard InChI is InChI=1S/C25H29ClN4O2/c26-22-16-20(6-9-27-22)23(31)29-10-7-25(8-11-29)17-21(25)24(32)30-14-12-28(13-15-30)18-19-4-2-1-3-5-19/h1-6,9,16,21H,7-8,10-15,17-18H2/t21-/m0/s1. The molecular formula is C25H29ClN4O2. The van der Waals surface area contributed by atoms with Crippen LogP contribution in [-0.4, -0.2) is 70.8 Å². The van der Waals surface area contributed by atoms with Crippen LogP contribution in [0.4, 0.5) is 0 Å². The molecule has 0 unspecified atom stereocenters. The van der Waals surface area contributed by atoms with E-state index in [4.69, 9.17) is 11.6 Å². The second-order valence-electron chi connectivity index (χ2n) is 9.37. The second kappa shape index (κ2) is 8.83. The average molecular weight is 453 g/mol. The van der Waals surface area contributed by atoms with Crippen LogP contribution in [-0.2, 0) is 11.3 Å². The lowest BCUT2D eigenvalue weighted by molar-refractivity contribution is -0.135. The summed E-state index contributed by atoms with van der Waals surface area (Å²) in [6, 6.07) is 13.8. The average Bonchev–Trinajstić information content (AvgIpc) is 3.53. The zero-order valence-corrected chi connectivity index (χ0v) is 19.0. The fourth-order valence-corrected chi connectivity index (χ4v) is 5.48. The molecule has 32 heavy (non-hydrogen) atoms. The van der Waals surface area contributed by atoms with Gasteiger partial charge in [0, 0.05) is 63.5 Å². The summed E-state index contributed by atoms with van der Waals surface area (Å²) in [6.07, 6.45) is 4.35. The Balaban J connectivity index is 1.10. The van der Waals surface area contributed by atoms with Crippen LogP contribution in [0.15, 0.2) is 48.7 Å². The molecule has 1 spiro atoms. The Labute approximate surface area is 194 Å². The minimum atomic E-state index is 0.00205. The van der Waals surface area contributed by atoms with Crippen molar-refractivity contribution < 1.29 is 9.59 Å². The number of amides is 2. The summed E-state index contributed by atoms with van der Waals surface area (Å²) in [5.41, 5.74) is 2.01. The molecule has 2 aromatic rings. The van der Waals surface area contributed by atoms with E-state index in [2.05, 4.69) is 39.0 Å². The number of hydrogen-bond acceptors (Lipinski definition) is 4. The lowest BCUT2D eigenvalue weighted by Gasteiger charge is -2.36. The molecule has 1 aromatic carbocycles. The minimum absolute atomic E-state index is 0.00205. The lowest BCUT2D eigenvalue weighted by atomic mass is 9.90. The first kappa shape index (κ1) is 21.4. The highest BCUT2D eigenvalue weighted by Crippen LogP contribution is 2.60. The molecule has 2 saturated heterocycles. The number of nitrogens with zero attached hydrogens (tertiary/aromatic N) is 4. The lowest BCUT2D eigenvalue weighted by Crippen LogP contribution is -2.49. The number of rotatable bonds is 4. The maximum absolute atomic E-state index is 13.2. The second-order valence-corrected chi connectivity index (χ2v) is 9.75. The van der Waals surface area contributed by atoms with Gasteiger partial charge < -0.3 is 9.80 Å². The monoisotopic (exact) mass is 452 g/mol. The van der Waals surface area contributed by atoms with Gasteiger partial charge in [-0.3, -0.25) is 14.5 Å².